The Hall–Kier alpha value is -0.260. The summed E-state index contributed by atoms with van der Waals surface area (Å²) in [5.41, 5.74) is 1.06. The van der Waals surface area contributed by atoms with Crippen molar-refractivity contribution in [3.63, 3.8) is 0 Å². The second-order valence-corrected chi connectivity index (χ2v) is 5.41. The minimum Gasteiger partial charge on any atom is -0.389 e. The van der Waals surface area contributed by atoms with Gasteiger partial charge in [0.15, 0.2) is 0 Å². The maximum atomic E-state index is 9.66. The van der Waals surface area contributed by atoms with Gasteiger partial charge in [-0.3, -0.25) is 0 Å². The Morgan fingerprint density at radius 1 is 1.39 bits per heavy atom. The van der Waals surface area contributed by atoms with Crippen LogP contribution in [-0.4, -0.2) is 42.9 Å². The number of thioether (sulfide) groups is 1. The van der Waals surface area contributed by atoms with Gasteiger partial charge < -0.3 is 15.2 Å². The molecule has 0 bridgehead atoms. The van der Waals surface area contributed by atoms with Crippen LogP contribution in [0.1, 0.15) is 5.56 Å². The van der Waals surface area contributed by atoms with Crippen molar-refractivity contribution in [3.8, 4) is 0 Å². The molecule has 0 amide bonds. The molecule has 0 heterocycles. The highest BCUT2D eigenvalue weighted by molar-refractivity contribution is 7.98. The zero-order chi connectivity index (χ0) is 13.2. The van der Waals surface area contributed by atoms with Crippen molar-refractivity contribution < 1.29 is 9.84 Å². The number of aliphatic hydroxyl groups is 1. The molecular weight excluding hydrogens is 270 g/mol. The monoisotopic (exact) mass is 289 g/mol. The molecular formula is C13H20ClNO2S. The van der Waals surface area contributed by atoms with Gasteiger partial charge in [0.2, 0.25) is 0 Å². The SMILES string of the molecule is CSCCNCC(O)COCc1ccc(Cl)cc1. The molecule has 1 unspecified atom stereocenters. The van der Waals surface area contributed by atoms with Crippen LogP contribution in [0, 0.1) is 0 Å². The number of aliphatic hydroxyl groups excluding tert-OH is 1. The van der Waals surface area contributed by atoms with E-state index in [9.17, 15) is 5.11 Å². The summed E-state index contributed by atoms with van der Waals surface area (Å²) in [6.45, 7) is 2.32. The minimum atomic E-state index is -0.459. The molecule has 1 atom stereocenters. The largest absolute Gasteiger partial charge is 0.389 e. The first-order chi connectivity index (χ1) is 8.72. The number of halogens is 1. The third-order valence-electron chi connectivity index (χ3n) is 2.36. The molecule has 0 fully saturated rings. The van der Waals surface area contributed by atoms with E-state index in [2.05, 4.69) is 11.6 Å². The van der Waals surface area contributed by atoms with Crippen LogP contribution in [0.3, 0.4) is 0 Å². The Kier molecular flexibility index (Phi) is 8.46. The lowest BCUT2D eigenvalue weighted by Crippen LogP contribution is -2.31. The van der Waals surface area contributed by atoms with Gasteiger partial charge in [-0.25, -0.2) is 0 Å². The fourth-order valence-electron chi connectivity index (χ4n) is 1.40. The standard InChI is InChI=1S/C13H20ClNO2S/c1-18-7-6-15-8-13(16)10-17-9-11-2-4-12(14)5-3-11/h2-5,13,15-16H,6-10H2,1H3. The summed E-state index contributed by atoms with van der Waals surface area (Å²) >= 11 is 7.57. The summed E-state index contributed by atoms with van der Waals surface area (Å²) in [7, 11) is 0. The third kappa shape index (κ3) is 7.24. The van der Waals surface area contributed by atoms with Gasteiger partial charge in [0.05, 0.1) is 19.3 Å². The van der Waals surface area contributed by atoms with Gasteiger partial charge in [0.1, 0.15) is 0 Å². The van der Waals surface area contributed by atoms with Crippen LogP contribution in [0.4, 0.5) is 0 Å². The van der Waals surface area contributed by atoms with Gasteiger partial charge in [-0.05, 0) is 24.0 Å². The summed E-state index contributed by atoms with van der Waals surface area (Å²) in [4.78, 5) is 0. The topological polar surface area (TPSA) is 41.5 Å². The molecule has 0 aromatic heterocycles. The molecule has 2 N–H and O–H groups in total. The molecule has 1 aromatic rings. The van der Waals surface area contributed by atoms with Crippen molar-refractivity contribution in [2.75, 3.05) is 31.7 Å². The molecule has 102 valence electrons. The first kappa shape index (κ1) is 15.8. The summed E-state index contributed by atoms with van der Waals surface area (Å²) in [5.74, 6) is 1.05. The van der Waals surface area contributed by atoms with Crippen molar-refractivity contribution in [1.29, 1.82) is 0 Å². The second-order valence-electron chi connectivity index (χ2n) is 3.99. The van der Waals surface area contributed by atoms with Gasteiger partial charge >= 0.3 is 0 Å². The predicted octanol–water partition coefficient (Wildman–Crippen LogP) is 2.17. The number of rotatable bonds is 9. The quantitative estimate of drug-likeness (QED) is 0.684. The fraction of sp³-hybridized carbons (Fsp3) is 0.538. The smallest absolute Gasteiger partial charge is 0.0897 e. The van der Waals surface area contributed by atoms with E-state index in [0.717, 1.165) is 22.9 Å². The molecule has 1 rings (SSSR count). The Labute approximate surface area is 118 Å². The number of nitrogens with one attached hydrogen (secondary N) is 1. The zero-order valence-corrected chi connectivity index (χ0v) is 12.1. The second kappa shape index (κ2) is 9.64. The lowest BCUT2D eigenvalue weighted by molar-refractivity contribution is 0.0291. The highest BCUT2D eigenvalue weighted by Crippen LogP contribution is 2.10. The van der Waals surface area contributed by atoms with E-state index in [1.54, 1.807) is 11.8 Å². The van der Waals surface area contributed by atoms with Crippen molar-refractivity contribution >= 4 is 23.4 Å². The molecule has 0 saturated carbocycles. The van der Waals surface area contributed by atoms with Crippen LogP contribution < -0.4 is 5.32 Å². The maximum Gasteiger partial charge on any atom is 0.0897 e. The van der Waals surface area contributed by atoms with E-state index in [4.69, 9.17) is 16.3 Å². The highest BCUT2D eigenvalue weighted by atomic mass is 35.5. The molecule has 0 radical (unpaired) electrons. The zero-order valence-electron chi connectivity index (χ0n) is 10.6. The number of hydrogen-bond donors (Lipinski definition) is 2. The molecule has 1 aromatic carbocycles. The molecule has 0 aliphatic rings. The predicted molar refractivity (Wildman–Crippen MR) is 78.4 cm³/mol. The molecule has 3 nitrogen and oxygen atoms in total. The van der Waals surface area contributed by atoms with E-state index < -0.39 is 6.10 Å². The maximum absolute atomic E-state index is 9.66. The van der Waals surface area contributed by atoms with Crippen LogP contribution in [0.15, 0.2) is 24.3 Å². The summed E-state index contributed by atoms with van der Waals surface area (Å²) in [6, 6.07) is 7.51. The van der Waals surface area contributed by atoms with Crippen LogP contribution in [-0.2, 0) is 11.3 Å². The molecule has 0 saturated heterocycles. The van der Waals surface area contributed by atoms with Crippen LogP contribution in [0.5, 0.6) is 0 Å². The Balaban J connectivity index is 2.07. The van der Waals surface area contributed by atoms with E-state index >= 15 is 0 Å². The van der Waals surface area contributed by atoms with Crippen molar-refractivity contribution in [2.45, 2.75) is 12.7 Å². The van der Waals surface area contributed by atoms with Gasteiger partial charge in [0.25, 0.3) is 0 Å². The average molecular weight is 290 g/mol. The first-order valence-electron chi connectivity index (χ1n) is 5.92. The minimum absolute atomic E-state index is 0.342. The van der Waals surface area contributed by atoms with Crippen LogP contribution in [0.2, 0.25) is 5.02 Å². The van der Waals surface area contributed by atoms with Gasteiger partial charge in [-0.2, -0.15) is 11.8 Å². The molecule has 0 aliphatic heterocycles. The summed E-state index contributed by atoms with van der Waals surface area (Å²) in [5, 5.41) is 13.5. The van der Waals surface area contributed by atoms with Crippen molar-refractivity contribution in [3.05, 3.63) is 34.9 Å². The van der Waals surface area contributed by atoms with E-state index in [0.29, 0.717) is 19.8 Å². The number of ether oxygens (including phenoxy) is 1. The summed E-state index contributed by atoms with van der Waals surface area (Å²) in [6.07, 6.45) is 1.60. The molecule has 5 heteroatoms. The van der Waals surface area contributed by atoms with Gasteiger partial charge in [0, 0.05) is 23.9 Å². The summed E-state index contributed by atoms with van der Waals surface area (Å²) < 4.78 is 5.44. The van der Waals surface area contributed by atoms with Gasteiger partial charge in [-0.15, -0.1) is 0 Å². The van der Waals surface area contributed by atoms with E-state index in [1.807, 2.05) is 24.3 Å². The number of hydrogen-bond acceptors (Lipinski definition) is 4. The molecule has 0 aliphatic carbocycles. The Morgan fingerprint density at radius 2 is 2.11 bits per heavy atom. The number of benzene rings is 1. The average Bonchev–Trinajstić information content (AvgIpc) is 2.37. The van der Waals surface area contributed by atoms with Crippen LogP contribution >= 0.6 is 23.4 Å². The third-order valence-corrected chi connectivity index (χ3v) is 3.22. The normalized spacial score (nSPS) is 12.6. The highest BCUT2D eigenvalue weighted by Gasteiger charge is 2.03. The lowest BCUT2D eigenvalue weighted by Gasteiger charge is -2.12. The van der Waals surface area contributed by atoms with Gasteiger partial charge in [-0.1, -0.05) is 23.7 Å². The lowest BCUT2D eigenvalue weighted by atomic mass is 10.2. The molecule has 18 heavy (non-hydrogen) atoms. The van der Waals surface area contributed by atoms with E-state index in [1.165, 1.54) is 0 Å². The van der Waals surface area contributed by atoms with E-state index in [-0.39, 0.29) is 0 Å². The van der Waals surface area contributed by atoms with Crippen molar-refractivity contribution in [2.24, 2.45) is 0 Å². The fourth-order valence-corrected chi connectivity index (χ4v) is 1.87. The van der Waals surface area contributed by atoms with Crippen LogP contribution in [0.25, 0.3) is 0 Å². The Morgan fingerprint density at radius 3 is 2.78 bits per heavy atom. The first-order valence-corrected chi connectivity index (χ1v) is 7.69. The Bertz CT molecular complexity index is 321. The molecule has 0 spiro atoms. The van der Waals surface area contributed by atoms with Crippen molar-refractivity contribution in [1.82, 2.24) is 5.32 Å².